The van der Waals surface area contributed by atoms with Crippen molar-refractivity contribution in [3.05, 3.63) is 65.9 Å². The number of rotatable bonds is 4. The van der Waals surface area contributed by atoms with E-state index in [1.807, 2.05) is 34.6 Å². The van der Waals surface area contributed by atoms with E-state index in [-0.39, 0.29) is 0 Å². The summed E-state index contributed by atoms with van der Waals surface area (Å²) in [6.45, 7) is 8.91. The summed E-state index contributed by atoms with van der Waals surface area (Å²) in [6.07, 6.45) is 3.47. The lowest BCUT2D eigenvalue weighted by atomic mass is 9.93. The number of hydrogen-bond acceptors (Lipinski definition) is 1. The van der Waals surface area contributed by atoms with Gasteiger partial charge in [-0.3, -0.25) is 0 Å². The smallest absolute Gasteiger partial charge is 0.101 e. The third-order valence-corrected chi connectivity index (χ3v) is 4.36. The first-order valence-electron chi connectivity index (χ1n) is 8.56. The zero-order valence-corrected chi connectivity index (χ0v) is 15.1. The van der Waals surface area contributed by atoms with Crippen LogP contribution in [0.3, 0.4) is 0 Å². The molecule has 2 aromatic carbocycles. The van der Waals surface area contributed by atoms with Gasteiger partial charge >= 0.3 is 0 Å². The predicted molar refractivity (Wildman–Crippen MR) is 97.2 cm³/mol. The van der Waals surface area contributed by atoms with Crippen molar-refractivity contribution in [2.45, 2.75) is 39.5 Å². The van der Waals surface area contributed by atoms with Crippen LogP contribution in [0, 0.1) is 6.20 Å². The van der Waals surface area contributed by atoms with Crippen LogP contribution in [0.5, 0.6) is 0 Å². The number of hydrogen-bond donors (Lipinski definition) is 0. The van der Waals surface area contributed by atoms with Crippen LogP contribution in [0.4, 0.5) is 0 Å². The monoisotopic (exact) mass is 319 g/mol. The van der Waals surface area contributed by atoms with Gasteiger partial charge in [-0.05, 0) is 11.8 Å². The van der Waals surface area contributed by atoms with E-state index in [1.165, 1.54) is 16.8 Å². The maximum absolute atomic E-state index is 4.72. The van der Waals surface area contributed by atoms with Gasteiger partial charge in [0.15, 0.2) is 0 Å². The van der Waals surface area contributed by atoms with Gasteiger partial charge in [-0.2, -0.15) is 4.68 Å². The molecule has 3 rings (SSSR count). The van der Waals surface area contributed by atoms with Crippen LogP contribution < -0.4 is 4.68 Å². The second-order valence-electron chi connectivity index (χ2n) is 6.85. The van der Waals surface area contributed by atoms with Crippen molar-refractivity contribution < 1.29 is 4.68 Å². The van der Waals surface area contributed by atoms with E-state index in [1.54, 1.807) is 0 Å². The third-order valence-electron chi connectivity index (χ3n) is 4.36. The zero-order valence-electron chi connectivity index (χ0n) is 15.1. The van der Waals surface area contributed by atoms with E-state index in [0.29, 0.717) is 11.8 Å². The minimum Gasteiger partial charge on any atom is -0.206 e. The van der Waals surface area contributed by atoms with Gasteiger partial charge in [0.1, 0.15) is 7.05 Å². The quantitative estimate of drug-likeness (QED) is 0.515. The molecule has 0 fully saturated rings. The van der Waals surface area contributed by atoms with Crippen molar-refractivity contribution >= 4 is 0 Å². The summed E-state index contributed by atoms with van der Waals surface area (Å²) in [4.78, 5) is 0. The zero-order chi connectivity index (χ0) is 17.3. The van der Waals surface area contributed by atoms with E-state index in [2.05, 4.69) is 64.2 Å². The van der Waals surface area contributed by atoms with Crippen LogP contribution >= 0.6 is 0 Å². The maximum atomic E-state index is 4.72. The van der Waals surface area contributed by atoms with Crippen LogP contribution in [-0.4, -0.2) is 9.90 Å². The largest absolute Gasteiger partial charge is 0.206 e. The molecule has 0 aliphatic heterocycles. The van der Waals surface area contributed by atoms with Crippen molar-refractivity contribution in [3.63, 3.8) is 0 Å². The minimum atomic E-state index is 0.432. The van der Waals surface area contributed by atoms with E-state index in [9.17, 15) is 0 Å². The van der Waals surface area contributed by atoms with E-state index in [4.69, 9.17) is 5.21 Å². The predicted octanol–water partition coefficient (Wildman–Crippen LogP) is 4.41. The summed E-state index contributed by atoms with van der Waals surface area (Å²) in [6, 6.07) is 16.8. The molecule has 1 heterocycles. The third kappa shape index (κ3) is 2.99. The second-order valence-corrected chi connectivity index (χ2v) is 6.85. The molecule has 0 saturated heterocycles. The highest BCUT2D eigenvalue weighted by Gasteiger charge is 2.17. The highest BCUT2D eigenvalue weighted by Crippen LogP contribution is 2.28. The molecule has 0 radical (unpaired) electrons. The number of para-hydroxylation sites is 1. The lowest BCUT2D eigenvalue weighted by Crippen LogP contribution is -2.36. The number of nitrogens with zero attached hydrogens (tertiary/aromatic N) is 3. The molecule has 0 saturated carbocycles. The Morgan fingerprint density at radius 3 is 2.00 bits per heavy atom. The van der Waals surface area contributed by atoms with Crippen molar-refractivity contribution in [1.82, 2.24) is 9.90 Å². The number of aryl methyl sites for hydroxylation is 1. The van der Waals surface area contributed by atoms with Gasteiger partial charge in [-0.15, -0.1) is 12.1 Å². The van der Waals surface area contributed by atoms with Crippen LogP contribution in [0.15, 0.2) is 48.5 Å². The molecule has 0 unspecified atom stereocenters. The summed E-state index contributed by atoms with van der Waals surface area (Å²) in [5.74, 6) is 0.864. The topological polar surface area (TPSA) is 21.7 Å². The molecule has 124 valence electrons. The lowest BCUT2D eigenvalue weighted by molar-refractivity contribution is -0.666. The Kier molecular flexibility index (Phi) is 4.52. The first-order chi connectivity index (χ1) is 11.5. The Bertz CT molecular complexity index is 803. The molecule has 0 bridgehead atoms. The normalized spacial score (nSPS) is 11.5. The molecule has 3 nitrogen and oxygen atoms in total. The van der Waals surface area contributed by atoms with Gasteiger partial charge in [0, 0.05) is 0 Å². The summed E-state index contributed by atoms with van der Waals surface area (Å²) in [5.41, 5.74) is 5.89. The molecule has 3 heteroatoms. The highest BCUT2D eigenvalue weighted by molar-refractivity contribution is 5.57. The SMILES string of the molecule is CC(C)c1cccc(C(C)C)c1-[n+]1[c-]c(-c2ccccc2)n(C)n1. The number of aromatic nitrogens is 3. The van der Waals surface area contributed by atoms with Gasteiger partial charge < -0.3 is 0 Å². The Hall–Kier alpha value is -2.42. The molecule has 0 atom stereocenters. The van der Waals surface area contributed by atoms with Gasteiger partial charge in [-0.1, -0.05) is 80.8 Å². The second kappa shape index (κ2) is 6.60. The minimum absolute atomic E-state index is 0.432. The lowest BCUT2D eigenvalue weighted by Gasteiger charge is -2.19. The van der Waals surface area contributed by atoms with Gasteiger partial charge in [-0.25, -0.2) is 4.68 Å². The van der Waals surface area contributed by atoms with Gasteiger partial charge in [0.05, 0.1) is 22.8 Å². The summed E-state index contributed by atoms with van der Waals surface area (Å²) in [7, 11) is 1.97. The standard InChI is InChI=1S/C21H25N3/c1-15(2)18-12-9-13-19(16(3)4)21(18)24-14-20(23(5)22-24)17-10-7-6-8-11-17/h6-13,15-16H,1-5H3. The van der Waals surface area contributed by atoms with Crippen molar-refractivity contribution in [3.8, 4) is 16.9 Å². The van der Waals surface area contributed by atoms with E-state index >= 15 is 0 Å². The molecule has 0 aliphatic carbocycles. The maximum Gasteiger partial charge on any atom is 0.101 e. The molecule has 24 heavy (non-hydrogen) atoms. The molecule has 0 amide bonds. The molecular formula is C21H25N3. The van der Waals surface area contributed by atoms with Crippen LogP contribution in [0.25, 0.3) is 16.9 Å². The average Bonchev–Trinajstić information content (AvgIpc) is 2.96. The summed E-state index contributed by atoms with van der Waals surface area (Å²) >= 11 is 0. The molecule has 0 aliphatic rings. The Morgan fingerprint density at radius 1 is 0.875 bits per heavy atom. The van der Waals surface area contributed by atoms with Crippen molar-refractivity contribution in [1.29, 1.82) is 0 Å². The first-order valence-corrected chi connectivity index (χ1v) is 8.56. The van der Waals surface area contributed by atoms with Crippen molar-refractivity contribution in [2.24, 2.45) is 7.05 Å². The molecular weight excluding hydrogens is 294 g/mol. The fourth-order valence-electron chi connectivity index (χ4n) is 3.08. The fraction of sp³-hybridized carbons (Fsp3) is 0.333. The van der Waals surface area contributed by atoms with Gasteiger partial charge in [0.2, 0.25) is 0 Å². The first kappa shape index (κ1) is 16.4. The Balaban J connectivity index is 2.20. The summed E-state index contributed by atoms with van der Waals surface area (Å²) in [5, 5.41) is 4.72. The molecule has 3 aromatic rings. The van der Waals surface area contributed by atoms with E-state index < -0.39 is 0 Å². The van der Waals surface area contributed by atoms with Crippen molar-refractivity contribution in [2.75, 3.05) is 0 Å². The Labute approximate surface area is 144 Å². The molecule has 0 N–H and O–H groups in total. The fourth-order valence-corrected chi connectivity index (χ4v) is 3.08. The average molecular weight is 319 g/mol. The Morgan fingerprint density at radius 2 is 1.46 bits per heavy atom. The molecule has 1 aromatic heterocycles. The van der Waals surface area contributed by atoms with E-state index in [0.717, 1.165) is 11.3 Å². The number of benzene rings is 2. The highest BCUT2D eigenvalue weighted by atomic mass is 15.5. The van der Waals surface area contributed by atoms with Crippen LogP contribution in [-0.2, 0) is 7.05 Å². The van der Waals surface area contributed by atoms with Crippen LogP contribution in [0.2, 0.25) is 0 Å². The molecule has 0 spiro atoms. The summed E-state index contributed by atoms with van der Waals surface area (Å²) < 4.78 is 3.82. The van der Waals surface area contributed by atoms with Crippen LogP contribution in [0.1, 0.15) is 50.7 Å². The van der Waals surface area contributed by atoms with Gasteiger partial charge in [0.25, 0.3) is 0 Å².